The molecule has 0 aliphatic heterocycles. The highest BCUT2D eigenvalue weighted by Crippen LogP contribution is 2.24. The Hall–Kier alpha value is -2.93. The highest BCUT2D eigenvalue weighted by atomic mass is 35.5. The van der Waals surface area contributed by atoms with Gasteiger partial charge in [0.2, 0.25) is 5.91 Å². The highest BCUT2D eigenvalue weighted by molar-refractivity contribution is 6.34. The number of para-hydroxylation sites is 1. The molecule has 0 fully saturated rings. The predicted octanol–water partition coefficient (Wildman–Crippen LogP) is 4.38. The van der Waals surface area contributed by atoms with Gasteiger partial charge in [0.1, 0.15) is 5.75 Å². The van der Waals surface area contributed by atoms with E-state index in [1.54, 1.807) is 6.07 Å². The smallest absolute Gasteiger partial charge is 0.387 e. The Morgan fingerprint density at radius 3 is 2.62 bits per heavy atom. The molecule has 0 aliphatic rings. The van der Waals surface area contributed by atoms with Crippen molar-refractivity contribution < 1.29 is 27.8 Å². The highest BCUT2D eigenvalue weighted by Gasteiger charge is 2.11. The SMILES string of the molecule is COC(=O)c1ccc(Cl)c(NC(=O)/C=C/c2ccccc2OC(F)F)c1. The lowest BCUT2D eigenvalue weighted by molar-refractivity contribution is -0.111. The lowest BCUT2D eigenvalue weighted by atomic mass is 10.2. The molecule has 0 unspecified atom stereocenters. The summed E-state index contributed by atoms with van der Waals surface area (Å²) in [6.07, 6.45) is 2.46. The van der Waals surface area contributed by atoms with Crippen molar-refractivity contribution in [1.29, 1.82) is 0 Å². The number of alkyl halides is 2. The van der Waals surface area contributed by atoms with Crippen LogP contribution in [-0.4, -0.2) is 25.6 Å². The van der Waals surface area contributed by atoms with E-state index in [1.807, 2.05) is 0 Å². The molecule has 2 aromatic carbocycles. The van der Waals surface area contributed by atoms with Crippen molar-refractivity contribution in [2.45, 2.75) is 6.61 Å². The molecule has 0 aliphatic carbocycles. The number of amides is 1. The van der Waals surface area contributed by atoms with Gasteiger partial charge in [-0.15, -0.1) is 0 Å². The first-order valence-electron chi connectivity index (χ1n) is 7.31. The number of benzene rings is 2. The van der Waals surface area contributed by atoms with Crippen LogP contribution in [0.2, 0.25) is 5.02 Å². The molecule has 26 heavy (non-hydrogen) atoms. The average Bonchev–Trinajstić information content (AvgIpc) is 2.61. The van der Waals surface area contributed by atoms with E-state index >= 15 is 0 Å². The standard InChI is InChI=1S/C18H14ClF2NO4/c1-25-17(24)12-6-8-13(19)14(10-12)22-16(23)9-7-11-4-2-3-5-15(11)26-18(20)21/h2-10,18H,1H3,(H,22,23)/b9-7+. The average molecular weight is 382 g/mol. The molecule has 8 heteroatoms. The van der Waals surface area contributed by atoms with Gasteiger partial charge in [-0.1, -0.05) is 29.8 Å². The summed E-state index contributed by atoms with van der Waals surface area (Å²) >= 11 is 5.99. The number of anilines is 1. The molecule has 0 bridgehead atoms. The van der Waals surface area contributed by atoms with Gasteiger partial charge < -0.3 is 14.8 Å². The summed E-state index contributed by atoms with van der Waals surface area (Å²) in [7, 11) is 1.23. The summed E-state index contributed by atoms with van der Waals surface area (Å²) in [5, 5.41) is 2.73. The fraction of sp³-hybridized carbons (Fsp3) is 0.111. The molecule has 0 heterocycles. The van der Waals surface area contributed by atoms with Gasteiger partial charge >= 0.3 is 12.6 Å². The van der Waals surface area contributed by atoms with Gasteiger partial charge in [0.25, 0.3) is 0 Å². The summed E-state index contributed by atoms with van der Waals surface area (Å²) in [6.45, 7) is -2.97. The number of halogens is 3. The maximum atomic E-state index is 12.4. The van der Waals surface area contributed by atoms with Crippen molar-refractivity contribution in [2.75, 3.05) is 12.4 Å². The lowest BCUT2D eigenvalue weighted by Crippen LogP contribution is -2.10. The third kappa shape index (κ3) is 5.29. The fourth-order valence-electron chi connectivity index (χ4n) is 2.03. The van der Waals surface area contributed by atoms with Crippen molar-refractivity contribution in [3.05, 3.63) is 64.7 Å². The van der Waals surface area contributed by atoms with Crippen LogP contribution in [0, 0.1) is 0 Å². The van der Waals surface area contributed by atoms with Crippen LogP contribution in [-0.2, 0) is 9.53 Å². The monoisotopic (exact) mass is 381 g/mol. The van der Waals surface area contributed by atoms with E-state index in [2.05, 4.69) is 14.8 Å². The number of rotatable bonds is 6. The van der Waals surface area contributed by atoms with Gasteiger partial charge in [0, 0.05) is 11.6 Å². The maximum Gasteiger partial charge on any atom is 0.387 e. The van der Waals surface area contributed by atoms with Crippen molar-refractivity contribution in [3.8, 4) is 5.75 Å². The second-order valence-corrected chi connectivity index (χ2v) is 5.33. The van der Waals surface area contributed by atoms with Crippen LogP contribution in [0.4, 0.5) is 14.5 Å². The molecule has 0 saturated heterocycles. The Bertz CT molecular complexity index is 840. The zero-order chi connectivity index (χ0) is 19.1. The zero-order valence-electron chi connectivity index (χ0n) is 13.5. The molecule has 1 amide bonds. The molecule has 0 saturated carbocycles. The molecule has 0 spiro atoms. The first kappa shape index (κ1) is 19.4. The Balaban J connectivity index is 2.14. The van der Waals surface area contributed by atoms with Crippen LogP contribution in [0.25, 0.3) is 6.08 Å². The number of ether oxygens (including phenoxy) is 2. The second kappa shape index (κ2) is 8.96. The van der Waals surface area contributed by atoms with Gasteiger partial charge in [0.05, 0.1) is 23.4 Å². The van der Waals surface area contributed by atoms with Gasteiger partial charge in [-0.2, -0.15) is 8.78 Å². The number of hydrogen-bond donors (Lipinski definition) is 1. The number of carbonyl (C=O) groups excluding carboxylic acids is 2. The van der Waals surface area contributed by atoms with Gasteiger partial charge in [-0.05, 0) is 30.3 Å². The number of esters is 1. The molecule has 0 atom stereocenters. The number of carbonyl (C=O) groups is 2. The van der Waals surface area contributed by atoms with Crippen LogP contribution in [0.5, 0.6) is 5.75 Å². The first-order valence-corrected chi connectivity index (χ1v) is 7.69. The Morgan fingerprint density at radius 2 is 1.92 bits per heavy atom. The summed E-state index contributed by atoms with van der Waals surface area (Å²) < 4.78 is 33.8. The van der Waals surface area contributed by atoms with Gasteiger partial charge in [-0.25, -0.2) is 4.79 Å². The Morgan fingerprint density at radius 1 is 1.19 bits per heavy atom. The minimum Gasteiger partial charge on any atom is -0.465 e. The largest absolute Gasteiger partial charge is 0.465 e. The van der Waals surface area contributed by atoms with Crippen LogP contribution in [0.1, 0.15) is 15.9 Å². The minimum atomic E-state index is -2.97. The molecule has 1 N–H and O–H groups in total. The number of nitrogens with one attached hydrogen (secondary N) is 1. The predicted molar refractivity (Wildman–Crippen MR) is 93.5 cm³/mol. The molecule has 136 valence electrons. The van der Waals surface area contributed by atoms with Crippen LogP contribution < -0.4 is 10.1 Å². The zero-order valence-corrected chi connectivity index (χ0v) is 14.3. The van der Waals surface area contributed by atoms with Crippen molar-refractivity contribution in [1.82, 2.24) is 0 Å². The Labute approximate surface area is 153 Å². The molecular formula is C18H14ClF2NO4. The number of hydrogen-bond acceptors (Lipinski definition) is 4. The molecule has 0 aromatic heterocycles. The Kier molecular flexibility index (Phi) is 6.68. The van der Waals surface area contributed by atoms with Crippen LogP contribution >= 0.6 is 11.6 Å². The normalized spacial score (nSPS) is 10.8. The number of methoxy groups -OCH3 is 1. The van der Waals surface area contributed by atoms with E-state index in [-0.39, 0.29) is 22.0 Å². The van der Waals surface area contributed by atoms with E-state index in [0.29, 0.717) is 5.56 Å². The summed E-state index contributed by atoms with van der Waals surface area (Å²) in [4.78, 5) is 23.6. The van der Waals surface area contributed by atoms with Gasteiger partial charge in [0.15, 0.2) is 0 Å². The molecular weight excluding hydrogens is 368 g/mol. The van der Waals surface area contributed by atoms with E-state index in [9.17, 15) is 18.4 Å². The van der Waals surface area contributed by atoms with Gasteiger partial charge in [-0.3, -0.25) is 4.79 Å². The second-order valence-electron chi connectivity index (χ2n) is 4.93. The third-order valence-electron chi connectivity index (χ3n) is 3.19. The first-order chi connectivity index (χ1) is 12.4. The van der Waals surface area contributed by atoms with Crippen molar-refractivity contribution in [2.24, 2.45) is 0 Å². The summed E-state index contributed by atoms with van der Waals surface area (Å²) in [5.74, 6) is -1.20. The lowest BCUT2D eigenvalue weighted by Gasteiger charge is -2.08. The van der Waals surface area contributed by atoms with Crippen LogP contribution in [0.3, 0.4) is 0 Å². The quantitative estimate of drug-likeness (QED) is 0.595. The molecule has 2 rings (SSSR count). The van der Waals surface area contributed by atoms with E-state index < -0.39 is 18.5 Å². The minimum absolute atomic E-state index is 0.0581. The molecule has 2 aromatic rings. The van der Waals surface area contributed by atoms with Crippen molar-refractivity contribution >= 4 is 35.2 Å². The summed E-state index contributed by atoms with van der Waals surface area (Å²) in [6, 6.07) is 10.3. The topological polar surface area (TPSA) is 64.6 Å². The molecule has 0 radical (unpaired) electrons. The van der Waals surface area contributed by atoms with E-state index in [4.69, 9.17) is 11.6 Å². The molecule has 5 nitrogen and oxygen atoms in total. The van der Waals surface area contributed by atoms with Crippen molar-refractivity contribution in [3.63, 3.8) is 0 Å². The summed E-state index contributed by atoms with van der Waals surface area (Å²) in [5.41, 5.74) is 0.727. The third-order valence-corrected chi connectivity index (χ3v) is 3.52. The maximum absolute atomic E-state index is 12.4. The van der Waals surface area contributed by atoms with E-state index in [0.717, 1.165) is 6.08 Å². The van der Waals surface area contributed by atoms with E-state index in [1.165, 1.54) is 49.6 Å². The fourth-order valence-corrected chi connectivity index (χ4v) is 2.19. The van der Waals surface area contributed by atoms with Crippen LogP contribution in [0.15, 0.2) is 48.5 Å².